The maximum absolute atomic E-state index is 14.9. The standard InChI is InChI=1S/C19H16F3N3O4S/c1-29-15-9-23-13-5-4-11(8-14(13)25-15)19(26)16-17(21)10(7-12(20)18(16)22)3-2-6-24-30(27)28/h4-5,7-9,24H,2-3,6H2,1H3,(H,27,28)/p-1. The van der Waals surface area contributed by atoms with E-state index in [1.807, 2.05) is 0 Å². The van der Waals surface area contributed by atoms with Crippen molar-refractivity contribution < 1.29 is 31.5 Å². The zero-order valence-corrected chi connectivity index (χ0v) is 16.4. The maximum Gasteiger partial charge on any atom is 0.232 e. The second kappa shape index (κ2) is 9.28. The summed E-state index contributed by atoms with van der Waals surface area (Å²) in [7, 11) is 1.38. The van der Waals surface area contributed by atoms with Crippen LogP contribution in [0.2, 0.25) is 0 Å². The molecule has 1 heterocycles. The Bertz CT molecular complexity index is 1140. The van der Waals surface area contributed by atoms with Gasteiger partial charge in [-0.3, -0.25) is 9.00 Å². The van der Waals surface area contributed by atoms with Gasteiger partial charge >= 0.3 is 0 Å². The Hall–Kier alpha value is -2.89. The summed E-state index contributed by atoms with van der Waals surface area (Å²) in [5.74, 6) is -5.05. The maximum atomic E-state index is 14.9. The van der Waals surface area contributed by atoms with Crippen molar-refractivity contribution in [1.29, 1.82) is 0 Å². The van der Waals surface area contributed by atoms with Crippen molar-refractivity contribution in [3.8, 4) is 5.88 Å². The lowest BCUT2D eigenvalue weighted by molar-refractivity contribution is 0.102. The number of carbonyl (C=O) groups excluding carboxylic acids is 1. The molecule has 158 valence electrons. The summed E-state index contributed by atoms with van der Waals surface area (Å²) < 4.78 is 71.2. The Morgan fingerprint density at radius 2 is 1.97 bits per heavy atom. The molecule has 3 aromatic rings. The number of halogens is 3. The summed E-state index contributed by atoms with van der Waals surface area (Å²) in [5.41, 5.74) is -0.688. The highest BCUT2D eigenvalue weighted by atomic mass is 32.2. The number of carbonyl (C=O) groups is 1. The average Bonchev–Trinajstić information content (AvgIpc) is 2.73. The van der Waals surface area contributed by atoms with Crippen LogP contribution in [0.4, 0.5) is 13.2 Å². The van der Waals surface area contributed by atoms with E-state index in [0.29, 0.717) is 11.6 Å². The number of hydrogen-bond donors (Lipinski definition) is 1. The number of nitrogens with one attached hydrogen (secondary N) is 1. The number of benzene rings is 2. The van der Waals surface area contributed by atoms with E-state index < -0.39 is 40.1 Å². The van der Waals surface area contributed by atoms with Crippen LogP contribution >= 0.6 is 0 Å². The lowest BCUT2D eigenvalue weighted by Crippen LogP contribution is -2.18. The molecule has 0 fully saturated rings. The number of methoxy groups -OCH3 is 1. The van der Waals surface area contributed by atoms with Crippen LogP contribution in [0, 0.1) is 17.5 Å². The number of hydrogen-bond acceptors (Lipinski definition) is 6. The van der Waals surface area contributed by atoms with Crippen LogP contribution in [0.5, 0.6) is 5.88 Å². The van der Waals surface area contributed by atoms with Gasteiger partial charge in [-0.2, -0.15) is 0 Å². The molecule has 1 unspecified atom stereocenters. The van der Waals surface area contributed by atoms with E-state index >= 15 is 0 Å². The van der Waals surface area contributed by atoms with Gasteiger partial charge in [0, 0.05) is 23.4 Å². The predicted molar refractivity (Wildman–Crippen MR) is 101 cm³/mol. The van der Waals surface area contributed by atoms with Crippen molar-refractivity contribution in [2.75, 3.05) is 13.7 Å². The van der Waals surface area contributed by atoms with Gasteiger partial charge in [0.1, 0.15) is 5.82 Å². The van der Waals surface area contributed by atoms with Crippen molar-refractivity contribution in [3.05, 3.63) is 64.6 Å². The number of nitrogens with zero attached hydrogens (tertiary/aromatic N) is 2. The third-order valence-corrected chi connectivity index (χ3v) is 4.73. The highest BCUT2D eigenvalue weighted by Crippen LogP contribution is 2.25. The molecule has 0 aliphatic carbocycles. The van der Waals surface area contributed by atoms with E-state index in [-0.39, 0.29) is 41.9 Å². The Morgan fingerprint density at radius 3 is 2.67 bits per heavy atom. The minimum absolute atomic E-state index is 0.0248. The van der Waals surface area contributed by atoms with E-state index in [9.17, 15) is 26.7 Å². The minimum Gasteiger partial charge on any atom is -0.760 e. The lowest BCUT2D eigenvalue weighted by atomic mass is 9.97. The van der Waals surface area contributed by atoms with Crippen molar-refractivity contribution >= 4 is 28.1 Å². The molecular formula is C19H15F3N3O4S-. The molecule has 0 aliphatic rings. The molecule has 1 atom stereocenters. The first-order chi connectivity index (χ1) is 14.3. The first-order valence-electron chi connectivity index (χ1n) is 8.66. The highest BCUT2D eigenvalue weighted by Gasteiger charge is 2.25. The first-order valence-corrected chi connectivity index (χ1v) is 9.74. The molecule has 0 saturated heterocycles. The zero-order valence-electron chi connectivity index (χ0n) is 15.6. The monoisotopic (exact) mass is 438 g/mol. The van der Waals surface area contributed by atoms with Crippen LogP contribution in [0.15, 0.2) is 30.5 Å². The van der Waals surface area contributed by atoms with Crippen molar-refractivity contribution in [2.45, 2.75) is 12.8 Å². The zero-order chi connectivity index (χ0) is 21.8. The molecule has 11 heteroatoms. The summed E-state index contributed by atoms with van der Waals surface area (Å²) in [6.07, 6.45) is 1.39. The topological polar surface area (TPSA) is 104 Å². The van der Waals surface area contributed by atoms with Crippen LogP contribution in [-0.2, 0) is 17.7 Å². The molecule has 0 aliphatic heterocycles. The van der Waals surface area contributed by atoms with Gasteiger partial charge in [-0.25, -0.2) is 27.9 Å². The number of rotatable bonds is 8. The van der Waals surface area contributed by atoms with Gasteiger partial charge in [0.25, 0.3) is 0 Å². The van der Waals surface area contributed by atoms with E-state index in [0.717, 1.165) is 0 Å². The number of ketones is 1. The first kappa shape index (κ1) is 21.8. The van der Waals surface area contributed by atoms with E-state index in [4.69, 9.17) is 4.74 Å². The quantitative estimate of drug-likeness (QED) is 0.251. The van der Waals surface area contributed by atoms with Crippen LogP contribution in [0.3, 0.4) is 0 Å². The van der Waals surface area contributed by atoms with Gasteiger partial charge in [0.05, 0.1) is 29.9 Å². The van der Waals surface area contributed by atoms with Gasteiger partial charge in [0.15, 0.2) is 17.4 Å². The molecule has 0 saturated carbocycles. The highest BCUT2D eigenvalue weighted by molar-refractivity contribution is 7.77. The number of ether oxygens (including phenoxy) is 1. The van der Waals surface area contributed by atoms with Gasteiger partial charge < -0.3 is 9.29 Å². The largest absolute Gasteiger partial charge is 0.760 e. The SMILES string of the molecule is COc1cnc2ccc(C(=O)c3c(F)c(F)cc(CCCNS(=O)[O-])c3F)cc2n1. The molecule has 7 nitrogen and oxygen atoms in total. The van der Waals surface area contributed by atoms with Crippen molar-refractivity contribution in [3.63, 3.8) is 0 Å². The Morgan fingerprint density at radius 1 is 1.20 bits per heavy atom. The van der Waals surface area contributed by atoms with Crippen LogP contribution in [0.1, 0.15) is 27.9 Å². The Balaban J connectivity index is 1.96. The second-order valence-corrected chi connectivity index (χ2v) is 6.96. The molecule has 30 heavy (non-hydrogen) atoms. The van der Waals surface area contributed by atoms with Gasteiger partial charge in [-0.1, -0.05) is 0 Å². The third-order valence-electron chi connectivity index (χ3n) is 4.29. The number of aryl methyl sites for hydroxylation is 1. The molecule has 1 aromatic heterocycles. The molecule has 0 amide bonds. The Kier molecular flexibility index (Phi) is 6.75. The van der Waals surface area contributed by atoms with E-state index in [1.165, 1.54) is 31.5 Å². The van der Waals surface area contributed by atoms with Crippen LogP contribution in [-0.4, -0.2) is 38.2 Å². The average molecular weight is 438 g/mol. The third kappa shape index (κ3) is 4.64. The summed E-state index contributed by atoms with van der Waals surface area (Å²) in [5, 5.41) is 0. The number of aromatic nitrogens is 2. The van der Waals surface area contributed by atoms with Crippen LogP contribution in [0.25, 0.3) is 11.0 Å². The van der Waals surface area contributed by atoms with E-state index in [1.54, 1.807) is 0 Å². The van der Waals surface area contributed by atoms with Gasteiger partial charge in [-0.05, 0) is 42.7 Å². The normalized spacial score (nSPS) is 12.2. The fourth-order valence-corrected chi connectivity index (χ4v) is 3.16. The minimum atomic E-state index is -2.49. The van der Waals surface area contributed by atoms with Crippen molar-refractivity contribution in [2.24, 2.45) is 0 Å². The van der Waals surface area contributed by atoms with E-state index in [2.05, 4.69) is 14.7 Å². The summed E-state index contributed by atoms with van der Waals surface area (Å²) in [6, 6.07) is 4.69. The van der Waals surface area contributed by atoms with Crippen molar-refractivity contribution in [1.82, 2.24) is 14.7 Å². The second-order valence-electron chi connectivity index (χ2n) is 6.20. The summed E-state index contributed by atoms with van der Waals surface area (Å²) >= 11 is -2.49. The molecule has 3 rings (SSSR count). The summed E-state index contributed by atoms with van der Waals surface area (Å²) in [6.45, 7) is -0.0248. The Labute approximate surface area is 171 Å². The molecule has 0 radical (unpaired) electrons. The molecule has 2 aromatic carbocycles. The van der Waals surface area contributed by atoms with Crippen LogP contribution < -0.4 is 9.46 Å². The fourth-order valence-electron chi connectivity index (χ4n) is 2.85. The van der Waals surface area contributed by atoms with Gasteiger partial charge in [-0.15, -0.1) is 0 Å². The lowest BCUT2D eigenvalue weighted by Gasteiger charge is -2.11. The van der Waals surface area contributed by atoms with Gasteiger partial charge in [0.2, 0.25) is 5.88 Å². The fraction of sp³-hybridized carbons (Fsp3) is 0.211. The predicted octanol–water partition coefficient (Wildman–Crippen LogP) is 2.60. The molecule has 1 N–H and O–H groups in total. The molecule has 0 bridgehead atoms. The number of fused-ring (bicyclic) bond motifs is 1. The molecule has 0 spiro atoms. The molecular weight excluding hydrogens is 423 g/mol. The summed E-state index contributed by atoms with van der Waals surface area (Å²) in [4.78, 5) is 21.0. The smallest absolute Gasteiger partial charge is 0.232 e.